The second kappa shape index (κ2) is 4.62. The number of benzene rings is 1. The Kier molecular flexibility index (Phi) is 3.48. The van der Waals surface area contributed by atoms with Gasteiger partial charge in [0.1, 0.15) is 5.75 Å². The van der Waals surface area contributed by atoms with Crippen LogP contribution in [0, 0.1) is 0 Å². The summed E-state index contributed by atoms with van der Waals surface area (Å²) in [5.74, 6) is -0.0408. The van der Waals surface area contributed by atoms with Crippen molar-refractivity contribution >= 4 is 11.6 Å². The summed E-state index contributed by atoms with van der Waals surface area (Å²) in [6.45, 7) is 1.85. The van der Waals surface area contributed by atoms with Gasteiger partial charge < -0.3 is 16.2 Å². The Bertz CT molecular complexity index is 308. The molecule has 0 aliphatic carbocycles. The van der Waals surface area contributed by atoms with Crippen molar-refractivity contribution in [1.29, 1.82) is 0 Å². The molecule has 76 valence electrons. The number of rotatable bonds is 3. The standard InChI is InChI=1S/C10H14N2O2/c1-2-9(11)10(14)12-7-3-5-8(13)6-4-7/h3-6,9,13H,2,11H2,1H3,(H,12,14)/t9-/m1/s1. The highest BCUT2D eigenvalue weighted by Gasteiger charge is 2.10. The third-order valence-electron chi connectivity index (χ3n) is 1.91. The molecule has 0 unspecified atom stereocenters. The summed E-state index contributed by atoms with van der Waals surface area (Å²) in [4.78, 5) is 11.3. The smallest absolute Gasteiger partial charge is 0.241 e. The predicted molar refractivity (Wildman–Crippen MR) is 55.0 cm³/mol. The van der Waals surface area contributed by atoms with E-state index in [0.717, 1.165) is 0 Å². The van der Waals surface area contributed by atoms with Gasteiger partial charge in [-0.25, -0.2) is 0 Å². The number of carbonyl (C=O) groups is 1. The molecule has 1 amide bonds. The molecule has 14 heavy (non-hydrogen) atoms. The maximum absolute atomic E-state index is 11.3. The lowest BCUT2D eigenvalue weighted by Gasteiger charge is -2.09. The molecule has 0 bridgehead atoms. The number of anilines is 1. The molecule has 4 nitrogen and oxygen atoms in total. The Hall–Kier alpha value is -1.55. The lowest BCUT2D eigenvalue weighted by Crippen LogP contribution is -2.34. The fourth-order valence-electron chi connectivity index (χ4n) is 0.965. The van der Waals surface area contributed by atoms with E-state index in [2.05, 4.69) is 5.32 Å². The van der Waals surface area contributed by atoms with Gasteiger partial charge in [0.2, 0.25) is 5.91 Å². The van der Waals surface area contributed by atoms with Gasteiger partial charge in [0.25, 0.3) is 0 Å². The van der Waals surface area contributed by atoms with Gasteiger partial charge in [-0.2, -0.15) is 0 Å². The van der Waals surface area contributed by atoms with Crippen LogP contribution in [0.15, 0.2) is 24.3 Å². The second-order valence-corrected chi connectivity index (χ2v) is 3.05. The average Bonchev–Trinajstić information content (AvgIpc) is 2.20. The first kappa shape index (κ1) is 10.5. The van der Waals surface area contributed by atoms with Gasteiger partial charge in [-0.05, 0) is 30.7 Å². The first-order chi connectivity index (χ1) is 6.63. The van der Waals surface area contributed by atoms with E-state index in [0.29, 0.717) is 12.1 Å². The summed E-state index contributed by atoms with van der Waals surface area (Å²) in [5, 5.41) is 11.7. The SMILES string of the molecule is CC[C@@H](N)C(=O)Nc1ccc(O)cc1. The van der Waals surface area contributed by atoms with E-state index in [9.17, 15) is 4.79 Å². The van der Waals surface area contributed by atoms with Crippen molar-refractivity contribution in [3.05, 3.63) is 24.3 Å². The summed E-state index contributed by atoms with van der Waals surface area (Å²) in [7, 11) is 0. The largest absolute Gasteiger partial charge is 0.508 e. The highest BCUT2D eigenvalue weighted by Crippen LogP contribution is 2.13. The van der Waals surface area contributed by atoms with Crippen LogP contribution in [-0.4, -0.2) is 17.1 Å². The number of nitrogens with two attached hydrogens (primary N) is 1. The van der Waals surface area contributed by atoms with Crippen LogP contribution in [0.2, 0.25) is 0 Å². The van der Waals surface area contributed by atoms with Crippen LogP contribution in [0.25, 0.3) is 0 Å². The molecule has 1 aromatic carbocycles. The molecule has 1 aromatic rings. The summed E-state index contributed by atoms with van der Waals surface area (Å²) in [6, 6.07) is 5.77. The minimum Gasteiger partial charge on any atom is -0.508 e. The van der Waals surface area contributed by atoms with E-state index in [1.807, 2.05) is 6.92 Å². The quantitative estimate of drug-likeness (QED) is 0.630. The van der Waals surface area contributed by atoms with Crippen LogP contribution in [0.3, 0.4) is 0 Å². The zero-order valence-electron chi connectivity index (χ0n) is 8.03. The number of amides is 1. The molecular weight excluding hydrogens is 180 g/mol. The fraction of sp³-hybridized carbons (Fsp3) is 0.300. The molecule has 1 atom stereocenters. The number of aromatic hydroxyl groups is 1. The lowest BCUT2D eigenvalue weighted by molar-refractivity contribution is -0.117. The molecule has 4 N–H and O–H groups in total. The van der Waals surface area contributed by atoms with Gasteiger partial charge in [0.05, 0.1) is 6.04 Å². The Morgan fingerprint density at radius 1 is 1.50 bits per heavy atom. The normalized spacial score (nSPS) is 12.1. The average molecular weight is 194 g/mol. The highest BCUT2D eigenvalue weighted by atomic mass is 16.3. The van der Waals surface area contributed by atoms with Gasteiger partial charge in [-0.3, -0.25) is 4.79 Å². The first-order valence-electron chi connectivity index (χ1n) is 4.49. The zero-order chi connectivity index (χ0) is 10.6. The van der Waals surface area contributed by atoms with Crippen molar-refractivity contribution in [3.8, 4) is 5.75 Å². The zero-order valence-corrected chi connectivity index (χ0v) is 8.03. The molecule has 0 radical (unpaired) electrons. The van der Waals surface area contributed by atoms with Crippen molar-refractivity contribution in [3.63, 3.8) is 0 Å². The molecule has 0 aromatic heterocycles. The molecule has 0 heterocycles. The van der Waals surface area contributed by atoms with Crippen LogP contribution in [0.5, 0.6) is 5.75 Å². The topological polar surface area (TPSA) is 75.4 Å². The van der Waals surface area contributed by atoms with E-state index in [-0.39, 0.29) is 11.7 Å². The first-order valence-corrected chi connectivity index (χ1v) is 4.49. The molecule has 0 saturated carbocycles. The maximum Gasteiger partial charge on any atom is 0.241 e. The van der Waals surface area contributed by atoms with Crippen LogP contribution in [0.1, 0.15) is 13.3 Å². The van der Waals surface area contributed by atoms with Gasteiger partial charge in [0, 0.05) is 5.69 Å². The Balaban J connectivity index is 2.60. The van der Waals surface area contributed by atoms with E-state index in [1.165, 1.54) is 12.1 Å². The molecule has 0 aliphatic rings. The minimum absolute atomic E-state index is 0.169. The van der Waals surface area contributed by atoms with Gasteiger partial charge in [-0.15, -0.1) is 0 Å². The number of carbonyl (C=O) groups excluding carboxylic acids is 1. The lowest BCUT2D eigenvalue weighted by atomic mass is 10.2. The van der Waals surface area contributed by atoms with E-state index in [1.54, 1.807) is 12.1 Å². The molecule has 0 spiro atoms. The fourth-order valence-corrected chi connectivity index (χ4v) is 0.965. The van der Waals surface area contributed by atoms with Crippen LogP contribution >= 0.6 is 0 Å². The number of nitrogens with one attached hydrogen (secondary N) is 1. The van der Waals surface area contributed by atoms with Gasteiger partial charge in [0.15, 0.2) is 0 Å². The van der Waals surface area contributed by atoms with Crippen LogP contribution in [-0.2, 0) is 4.79 Å². The summed E-state index contributed by atoms with van der Waals surface area (Å²) in [5.41, 5.74) is 6.17. The van der Waals surface area contributed by atoms with Crippen LogP contribution < -0.4 is 11.1 Å². The summed E-state index contributed by atoms with van der Waals surface area (Å²) < 4.78 is 0. The monoisotopic (exact) mass is 194 g/mol. The van der Waals surface area contributed by atoms with Crippen molar-refractivity contribution in [2.45, 2.75) is 19.4 Å². The summed E-state index contributed by atoms with van der Waals surface area (Å²) >= 11 is 0. The second-order valence-electron chi connectivity index (χ2n) is 3.05. The summed E-state index contributed by atoms with van der Waals surface area (Å²) in [6.07, 6.45) is 0.601. The highest BCUT2D eigenvalue weighted by molar-refractivity contribution is 5.94. The van der Waals surface area contributed by atoms with E-state index < -0.39 is 6.04 Å². The van der Waals surface area contributed by atoms with Crippen LogP contribution in [0.4, 0.5) is 5.69 Å². The van der Waals surface area contributed by atoms with Crippen molar-refractivity contribution < 1.29 is 9.90 Å². The molecular formula is C10H14N2O2. The Labute approximate surface area is 82.7 Å². The van der Waals surface area contributed by atoms with E-state index >= 15 is 0 Å². The van der Waals surface area contributed by atoms with Crippen molar-refractivity contribution in [1.82, 2.24) is 0 Å². The molecule has 0 aliphatic heterocycles. The number of hydrogen-bond donors (Lipinski definition) is 3. The molecule has 4 heteroatoms. The maximum atomic E-state index is 11.3. The minimum atomic E-state index is -0.483. The molecule has 1 rings (SSSR count). The number of phenols is 1. The number of phenolic OH excluding ortho intramolecular Hbond substituents is 1. The number of hydrogen-bond acceptors (Lipinski definition) is 3. The van der Waals surface area contributed by atoms with Gasteiger partial charge in [-0.1, -0.05) is 6.92 Å². The Morgan fingerprint density at radius 3 is 2.57 bits per heavy atom. The molecule has 0 saturated heterocycles. The van der Waals surface area contributed by atoms with Crippen molar-refractivity contribution in [2.24, 2.45) is 5.73 Å². The van der Waals surface area contributed by atoms with Gasteiger partial charge >= 0.3 is 0 Å². The Morgan fingerprint density at radius 2 is 2.07 bits per heavy atom. The van der Waals surface area contributed by atoms with Crippen molar-refractivity contribution in [2.75, 3.05) is 5.32 Å². The molecule has 0 fully saturated rings. The third-order valence-corrected chi connectivity index (χ3v) is 1.91. The third kappa shape index (κ3) is 2.74. The predicted octanol–water partition coefficient (Wildman–Crippen LogP) is 1.07. The van der Waals surface area contributed by atoms with E-state index in [4.69, 9.17) is 10.8 Å².